The largest absolute Gasteiger partial charge is 0.480 e. The van der Waals surface area contributed by atoms with E-state index in [1.54, 1.807) is 0 Å². The van der Waals surface area contributed by atoms with Crippen molar-refractivity contribution in [1.82, 2.24) is 15.0 Å². The van der Waals surface area contributed by atoms with Crippen molar-refractivity contribution in [2.45, 2.75) is 26.5 Å². The predicted octanol–water partition coefficient (Wildman–Crippen LogP) is -1.08. The number of aliphatic carboxylic acids is 1. The second-order valence-corrected chi connectivity index (χ2v) is 4.61. The van der Waals surface area contributed by atoms with Crippen LogP contribution in [0.4, 0.5) is 0 Å². The monoisotopic (exact) mass is 257 g/mol. The average molecular weight is 257 g/mol. The van der Waals surface area contributed by atoms with Crippen LogP contribution in [0.5, 0.6) is 0 Å². The Labute approximate surface area is 103 Å². The van der Waals surface area contributed by atoms with Gasteiger partial charge in [-0.05, 0) is 0 Å². The number of nitrogens with zero attached hydrogens (tertiary/aromatic N) is 3. The number of carbonyl (C=O) groups excluding carboxylic acids is 1. The second-order valence-electron chi connectivity index (χ2n) is 4.61. The Morgan fingerprint density at radius 2 is 2.11 bits per heavy atom. The highest BCUT2D eigenvalue weighted by Gasteiger charge is 2.34. The summed E-state index contributed by atoms with van der Waals surface area (Å²) in [5.74, 6) is -1.82. The number of aliphatic hydroxyl groups is 2. The van der Waals surface area contributed by atoms with Crippen molar-refractivity contribution >= 4 is 11.8 Å². The number of aromatic nitrogens is 3. The zero-order valence-electron chi connectivity index (χ0n) is 10.1. The van der Waals surface area contributed by atoms with Gasteiger partial charge in [-0.1, -0.05) is 19.1 Å². The molecule has 3 N–H and O–H groups in total. The highest BCUT2D eigenvalue weighted by Crippen LogP contribution is 2.22. The van der Waals surface area contributed by atoms with Crippen LogP contribution in [0, 0.1) is 5.41 Å². The molecule has 0 aliphatic rings. The second kappa shape index (κ2) is 5.23. The molecule has 1 aromatic heterocycles. The van der Waals surface area contributed by atoms with Crippen molar-refractivity contribution in [2.75, 3.05) is 6.61 Å². The number of hydrogen-bond donors (Lipinski definition) is 3. The molecule has 8 nitrogen and oxygen atoms in total. The van der Waals surface area contributed by atoms with Gasteiger partial charge in [0.1, 0.15) is 12.6 Å². The minimum atomic E-state index is -1.43. The molecule has 0 unspecified atom stereocenters. The third-order valence-electron chi connectivity index (χ3n) is 2.48. The van der Waals surface area contributed by atoms with Gasteiger partial charge in [0.25, 0.3) is 0 Å². The Morgan fingerprint density at radius 3 is 2.61 bits per heavy atom. The Morgan fingerprint density at radius 1 is 1.50 bits per heavy atom. The van der Waals surface area contributed by atoms with Crippen LogP contribution in [0.2, 0.25) is 0 Å². The molecular formula is C10H15N3O5. The van der Waals surface area contributed by atoms with E-state index < -0.39 is 29.8 Å². The molecule has 0 bridgehead atoms. The molecule has 0 saturated carbocycles. The first kappa shape index (κ1) is 14.3. The number of rotatable bonds is 6. The number of ketones is 1. The summed E-state index contributed by atoms with van der Waals surface area (Å²) in [7, 11) is 0. The third kappa shape index (κ3) is 3.11. The number of carboxylic acids is 1. The lowest BCUT2D eigenvalue weighted by atomic mass is 9.84. The number of carbonyl (C=O) groups is 2. The van der Waals surface area contributed by atoms with Crippen molar-refractivity contribution in [3.63, 3.8) is 0 Å². The normalized spacial score (nSPS) is 13.3. The van der Waals surface area contributed by atoms with Crippen LogP contribution < -0.4 is 0 Å². The van der Waals surface area contributed by atoms with E-state index in [0.29, 0.717) is 0 Å². The van der Waals surface area contributed by atoms with E-state index in [9.17, 15) is 14.7 Å². The lowest BCUT2D eigenvalue weighted by molar-refractivity contribution is -0.137. The number of hydrogen-bond acceptors (Lipinski definition) is 6. The highest BCUT2D eigenvalue weighted by atomic mass is 16.4. The maximum absolute atomic E-state index is 11.8. The summed E-state index contributed by atoms with van der Waals surface area (Å²) >= 11 is 0. The van der Waals surface area contributed by atoms with E-state index in [1.165, 1.54) is 13.8 Å². The Hall–Kier alpha value is -1.80. The number of carboxylic acid groups (broad SMARTS) is 1. The van der Waals surface area contributed by atoms with Crippen molar-refractivity contribution in [3.05, 3.63) is 11.9 Å². The molecule has 0 fully saturated rings. The minimum Gasteiger partial charge on any atom is -0.480 e. The van der Waals surface area contributed by atoms with E-state index in [4.69, 9.17) is 10.2 Å². The highest BCUT2D eigenvalue weighted by molar-refractivity contribution is 5.97. The summed E-state index contributed by atoms with van der Waals surface area (Å²) in [6.45, 7) is 2.26. The molecule has 1 rings (SSSR count). The van der Waals surface area contributed by atoms with Gasteiger partial charge in [0.05, 0.1) is 12.8 Å². The summed E-state index contributed by atoms with van der Waals surface area (Å²) in [6, 6.07) is 0. The molecular weight excluding hydrogens is 242 g/mol. The summed E-state index contributed by atoms with van der Waals surface area (Å²) in [5.41, 5.74) is -1.14. The van der Waals surface area contributed by atoms with Crippen LogP contribution >= 0.6 is 0 Å². The summed E-state index contributed by atoms with van der Waals surface area (Å²) in [4.78, 5) is 22.3. The fourth-order valence-corrected chi connectivity index (χ4v) is 1.21. The van der Waals surface area contributed by atoms with Gasteiger partial charge in [0.15, 0.2) is 5.69 Å². The van der Waals surface area contributed by atoms with Gasteiger partial charge in [0.2, 0.25) is 5.78 Å². The molecule has 1 aromatic rings. The van der Waals surface area contributed by atoms with E-state index in [1.807, 2.05) is 0 Å². The lowest BCUT2D eigenvalue weighted by Gasteiger charge is -2.26. The lowest BCUT2D eigenvalue weighted by Crippen LogP contribution is -2.39. The molecule has 0 amide bonds. The molecule has 0 spiro atoms. The molecule has 100 valence electrons. The topological polar surface area (TPSA) is 126 Å². The van der Waals surface area contributed by atoms with E-state index in [-0.39, 0.29) is 12.3 Å². The first-order chi connectivity index (χ1) is 8.27. The first-order valence-corrected chi connectivity index (χ1v) is 5.23. The molecule has 1 heterocycles. The zero-order chi connectivity index (χ0) is 13.9. The predicted molar refractivity (Wildman–Crippen MR) is 58.9 cm³/mol. The number of Topliss-reactive ketones (excluding diaryl/α,β-unsaturated/α-hetero) is 1. The molecule has 0 aromatic carbocycles. The molecule has 0 aliphatic carbocycles. The standard InChI is InChI=1S/C10H15N3O5/c1-10(2,5-14)9(18)8(17)6-3-13(12-11-6)4-7(15)16/h3,9,14,18H,4-5H2,1-2H3,(H,15,16)/t9-/m0/s1. The third-order valence-corrected chi connectivity index (χ3v) is 2.48. The maximum atomic E-state index is 11.8. The van der Waals surface area contributed by atoms with Gasteiger partial charge in [-0.2, -0.15) is 0 Å². The van der Waals surface area contributed by atoms with E-state index in [2.05, 4.69) is 10.3 Å². The van der Waals surface area contributed by atoms with Crippen molar-refractivity contribution in [1.29, 1.82) is 0 Å². The van der Waals surface area contributed by atoms with Crippen molar-refractivity contribution < 1.29 is 24.9 Å². The van der Waals surface area contributed by atoms with Gasteiger partial charge in [-0.15, -0.1) is 5.10 Å². The molecule has 1 atom stereocenters. The van der Waals surface area contributed by atoms with Crippen LogP contribution in [0.15, 0.2) is 6.20 Å². The zero-order valence-corrected chi connectivity index (χ0v) is 10.1. The van der Waals surface area contributed by atoms with Crippen LogP contribution in [0.3, 0.4) is 0 Å². The van der Waals surface area contributed by atoms with Crippen LogP contribution in [-0.2, 0) is 11.3 Å². The molecule has 18 heavy (non-hydrogen) atoms. The summed E-state index contributed by atoms with van der Waals surface area (Å²) < 4.78 is 0.980. The van der Waals surface area contributed by atoms with E-state index in [0.717, 1.165) is 10.9 Å². The van der Waals surface area contributed by atoms with Gasteiger partial charge >= 0.3 is 5.97 Å². The Balaban J connectivity index is 2.84. The first-order valence-electron chi connectivity index (χ1n) is 5.23. The van der Waals surface area contributed by atoms with Crippen LogP contribution in [0.1, 0.15) is 24.3 Å². The number of aliphatic hydroxyl groups excluding tert-OH is 2. The smallest absolute Gasteiger partial charge is 0.325 e. The van der Waals surface area contributed by atoms with Gasteiger partial charge in [-0.25, -0.2) is 4.68 Å². The molecule has 0 radical (unpaired) electrons. The minimum absolute atomic E-state index is 0.134. The van der Waals surface area contributed by atoms with Gasteiger partial charge < -0.3 is 15.3 Å². The van der Waals surface area contributed by atoms with Crippen molar-refractivity contribution in [2.24, 2.45) is 5.41 Å². The van der Waals surface area contributed by atoms with Gasteiger partial charge in [0, 0.05) is 5.41 Å². The van der Waals surface area contributed by atoms with Crippen LogP contribution in [0.25, 0.3) is 0 Å². The quantitative estimate of drug-likeness (QED) is 0.553. The SMILES string of the molecule is CC(C)(CO)[C@@H](O)C(=O)c1cn(CC(=O)O)nn1. The maximum Gasteiger partial charge on any atom is 0.325 e. The molecule has 0 aliphatic heterocycles. The fraction of sp³-hybridized carbons (Fsp3) is 0.600. The Bertz CT molecular complexity index is 454. The summed E-state index contributed by atoms with van der Waals surface area (Å²) in [6.07, 6.45) is -0.287. The average Bonchev–Trinajstić information content (AvgIpc) is 2.74. The van der Waals surface area contributed by atoms with E-state index >= 15 is 0 Å². The molecule has 8 heteroatoms. The summed E-state index contributed by atoms with van der Waals surface area (Å²) in [5, 5.41) is 34.3. The fourth-order valence-electron chi connectivity index (χ4n) is 1.21. The van der Waals surface area contributed by atoms with Crippen molar-refractivity contribution in [3.8, 4) is 0 Å². The Kier molecular flexibility index (Phi) is 4.15. The van der Waals surface area contributed by atoms with Gasteiger partial charge in [-0.3, -0.25) is 9.59 Å². The molecule has 0 saturated heterocycles. The van der Waals surface area contributed by atoms with Crippen LogP contribution in [-0.4, -0.2) is 54.8 Å².